The van der Waals surface area contributed by atoms with Crippen molar-refractivity contribution in [3.05, 3.63) is 30.4 Å². The minimum atomic E-state index is 0.461. The van der Waals surface area contributed by atoms with E-state index in [0.29, 0.717) is 5.92 Å². The molecule has 1 aromatic heterocycles. The molecule has 0 N–H and O–H groups in total. The Morgan fingerprint density at radius 1 is 1.20 bits per heavy atom. The highest BCUT2D eigenvalue weighted by molar-refractivity contribution is 5.81. The van der Waals surface area contributed by atoms with Crippen molar-refractivity contribution in [2.45, 2.75) is 19.8 Å². The number of nitrogens with zero attached hydrogens (tertiary/aromatic N) is 3. The molecular formula is C12H17N3. The third-order valence-electron chi connectivity index (χ3n) is 2.97. The van der Waals surface area contributed by atoms with Crippen LogP contribution in [0, 0.1) is 0 Å². The van der Waals surface area contributed by atoms with Crippen LogP contribution >= 0.6 is 0 Å². The largest absolute Gasteiger partial charge is 0.329 e. The maximum absolute atomic E-state index is 4.46. The fourth-order valence-corrected chi connectivity index (χ4v) is 1.80. The Hall–Kier alpha value is -1.51. The number of pyridine rings is 1. The molecule has 1 aliphatic rings. The van der Waals surface area contributed by atoms with Crippen LogP contribution in [0.25, 0.3) is 0 Å². The van der Waals surface area contributed by atoms with Crippen molar-refractivity contribution in [2.75, 3.05) is 23.9 Å². The zero-order chi connectivity index (χ0) is 11.2. The molecule has 2 heterocycles. The van der Waals surface area contributed by atoms with Gasteiger partial charge in [-0.1, -0.05) is 20.4 Å². The summed E-state index contributed by atoms with van der Waals surface area (Å²) in [6.45, 7) is 8.34. The lowest BCUT2D eigenvalue weighted by Crippen LogP contribution is -2.20. The van der Waals surface area contributed by atoms with E-state index in [0.717, 1.165) is 17.2 Å². The topological polar surface area (TPSA) is 19.4 Å². The summed E-state index contributed by atoms with van der Waals surface area (Å²) in [7, 11) is 4.05. The summed E-state index contributed by atoms with van der Waals surface area (Å²) in [5.74, 6) is 1.45. The first-order chi connectivity index (χ1) is 7.02. The van der Waals surface area contributed by atoms with Crippen LogP contribution in [0.1, 0.15) is 25.5 Å². The summed E-state index contributed by atoms with van der Waals surface area (Å²) in [4.78, 5) is 8.62. The quantitative estimate of drug-likeness (QED) is 0.699. The normalized spacial score (nSPS) is 15.1. The van der Waals surface area contributed by atoms with E-state index in [1.807, 2.05) is 20.3 Å². The fourth-order valence-electron chi connectivity index (χ4n) is 1.80. The zero-order valence-corrected chi connectivity index (χ0v) is 9.78. The maximum atomic E-state index is 4.46. The van der Waals surface area contributed by atoms with Gasteiger partial charge in [-0.05, 0) is 12.0 Å². The SMILES string of the molecule is C=C1N(C)c2cnc(C(C)C)cc2N1C. The molecule has 3 nitrogen and oxygen atoms in total. The van der Waals surface area contributed by atoms with Crippen molar-refractivity contribution >= 4 is 11.4 Å². The van der Waals surface area contributed by atoms with Gasteiger partial charge >= 0.3 is 0 Å². The third-order valence-corrected chi connectivity index (χ3v) is 2.97. The van der Waals surface area contributed by atoms with E-state index in [-0.39, 0.29) is 0 Å². The Labute approximate surface area is 91.0 Å². The Balaban J connectivity index is 2.51. The average molecular weight is 203 g/mol. The van der Waals surface area contributed by atoms with Gasteiger partial charge in [-0.3, -0.25) is 4.98 Å². The summed E-state index contributed by atoms with van der Waals surface area (Å²) in [6, 6.07) is 2.15. The monoisotopic (exact) mass is 203 g/mol. The van der Waals surface area contributed by atoms with E-state index >= 15 is 0 Å². The van der Waals surface area contributed by atoms with Crippen LogP contribution in [0.2, 0.25) is 0 Å². The number of anilines is 2. The molecule has 1 aliphatic heterocycles. The summed E-state index contributed by atoms with van der Waals surface area (Å²) in [6.07, 6.45) is 1.93. The molecule has 0 radical (unpaired) electrons. The van der Waals surface area contributed by atoms with Gasteiger partial charge in [-0.15, -0.1) is 0 Å². The molecule has 0 aromatic carbocycles. The Morgan fingerprint density at radius 2 is 1.80 bits per heavy atom. The van der Waals surface area contributed by atoms with Crippen molar-refractivity contribution in [3.8, 4) is 0 Å². The van der Waals surface area contributed by atoms with Gasteiger partial charge in [-0.2, -0.15) is 0 Å². The summed E-state index contributed by atoms with van der Waals surface area (Å²) < 4.78 is 0. The smallest absolute Gasteiger partial charge is 0.105 e. The van der Waals surface area contributed by atoms with E-state index in [4.69, 9.17) is 0 Å². The molecule has 80 valence electrons. The van der Waals surface area contributed by atoms with Gasteiger partial charge < -0.3 is 9.80 Å². The highest BCUT2D eigenvalue weighted by Crippen LogP contribution is 2.39. The van der Waals surface area contributed by atoms with Gasteiger partial charge in [0.05, 0.1) is 17.6 Å². The minimum absolute atomic E-state index is 0.461. The second-order valence-corrected chi connectivity index (χ2v) is 4.29. The Morgan fingerprint density at radius 3 is 2.40 bits per heavy atom. The summed E-state index contributed by atoms with van der Waals surface area (Å²) in [5.41, 5.74) is 3.46. The van der Waals surface area contributed by atoms with Crippen molar-refractivity contribution < 1.29 is 0 Å². The molecule has 0 amide bonds. The molecule has 0 saturated carbocycles. The molecule has 0 spiro atoms. The number of hydrogen-bond donors (Lipinski definition) is 0. The Bertz CT molecular complexity index is 409. The number of hydrogen-bond acceptors (Lipinski definition) is 3. The lowest BCUT2D eigenvalue weighted by molar-refractivity contribution is 0.823. The van der Waals surface area contributed by atoms with Crippen LogP contribution in [-0.2, 0) is 0 Å². The molecule has 3 heteroatoms. The van der Waals surface area contributed by atoms with Crippen LogP contribution in [0.3, 0.4) is 0 Å². The molecule has 0 unspecified atom stereocenters. The zero-order valence-electron chi connectivity index (χ0n) is 9.78. The molecule has 0 bridgehead atoms. The van der Waals surface area contributed by atoms with E-state index in [2.05, 4.69) is 41.3 Å². The maximum Gasteiger partial charge on any atom is 0.105 e. The Kier molecular flexibility index (Phi) is 2.18. The lowest BCUT2D eigenvalue weighted by atomic mass is 10.1. The van der Waals surface area contributed by atoms with Crippen LogP contribution in [0.15, 0.2) is 24.7 Å². The van der Waals surface area contributed by atoms with Crippen molar-refractivity contribution in [1.82, 2.24) is 4.98 Å². The molecule has 0 fully saturated rings. The second-order valence-electron chi connectivity index (χ2n) is 4.29. The molecule has 0 aliphatic carbocycles. The fraction of sp³-hybridized carbons (Fsp3) is 0.417. The molecule has 2 rings (SSSR count). The van der Waals surface area contributed by atoms with E-state index < -0.39 is 0 Å². The van der Waals surface area contributed by atoms with E-state index in [9.17, 15) is 0 Å². The average Bonchev–Trinajstić information content (AvgIpc) is 2.44. The predicted molar refractivity (Wildman–Crippen MR) is 64.3 cm³/mol. The number of rotatable bonds is 1. The highest BCUT2D eigenvalue weighted by Gasteiger charge is 2.25. The second kappa shape index (κ2) is 3.26. The first kappa shape index (κ1) is 10.0. The van der Waals surface area contributed by atoms with Crippen molar-refractivity contribution in [3.63, 3.8) is 0 Å². The molecule has 15 heavy (non-hydrogen) atoms. The van der Waals surface area contributed by atoms with Crippen LogP contribution in [0.5, 0.6) is 0 Å². The first-order valence-corrected chi connectivity index (χ1v) is 5.18. The molecule has 1 aromatic rings. The highest BCUT2D eigenvalue weighted by atomic mass is 15.4. The van der Waals surface area contributed by atoms with Gasteiger partial charge in [0, 0.05) is 19.8 Å². The van der Waals surface area contributed by atoms with Gasteiger partial charge in [0.15, 0.2) is 0 Å². The number of aromatic nitrogens is 1. The lowest BCUT2D eigenvalue weighted by Gasteiger charge is -2.15. The van der Waals surface area contributed by atoms with Crippen molar-refractivity contribution in [2.24, 2.45) is 0 Å². The third kappa shape index (κ3) is 1.39. The molecular weight excluding hydrogens is 186 g/mol. The van der Waals surface area contributed by atoms with Crippen LogP contribution in [0.4, 0.5) is 11.4 Å². The molecule has 0 saturated heterocycles. The van der Waals surface area contributed by atoms with Crippen molar-refractivity contribution in [1.29, 1.82) is 0 Å². The first-order valence-electron chi connectivity index (χ1n) is 5.18. The predicted octanol–water partition coefficient (Wildman–Crippen LogP) is 2.56. The van der Waals surface area contributed by atoms with Gasteiger partial charge in [0.25, 0.3) is 0 Å². The van der Waals surface area contributed by atoms with Gasteiger partial charge in [0.2, 0.25) is 0 Å². The van der Waals surface area contributed by atoms with Gasteiger partial charge in [0.1, 0.15) is 5.82 Å². The standard InChI is InChI=1S/C12H17N3/c1-8(2)10-6-11-12(7-13-10)15(5)9(3)14(11)4/h6-8H,3H2,1-2,4-5H3. The summed E-state index contributed by atoms with van der Waals surface area (Å²) in [5, 5.41) is 0. The van der Waals surface area contributed by atoms with E-state index in [1.165, 1.54) is 5.69 Å². The summed E-state index contributed by atoms with van der Waals surface area (Å²) >= 11 is 0. The molecule has 0 atom stereocenters. The van der Waals surface area contributed by atoms with E-state index in [1.54, 1.807) is 0 Å². The van der Waals surface area contributed by atoms with Gasteiger partial charge in [-0.25, -0.2) is 0 Å². The number of fused-ring (bicyclic) bond motifs is 1. The minimum Gasteiger partial charge on any atom is -0.329 e. The van der Waals surface area contributed by atoms with Crippen LogP contribution < -0.4 is 9.80 Å². The van der Waals surface area contributed by atoms with Crippen LogP contribution in [-0.4, -0.2) is 19.1 Å².